The minimum absolute atomic E-state index is 0.0466. The van der Waals surface area contributed by atoms with Gasteiger partial charge in [0, 0.05) is 0 Å². The van der Waals surface area contributed by atoms with Crippen LogP contribution in [0.2, 0.25) is 0 Å². The summed E-state index contributed by atoms with van der Waals surface area (Å²) in [6.07, 6.45) is 23.7. The summed E-state index contributed by atoms with van der Waals surface area (Å²) in [6, 6.07) is 8.53. The number of aryl methyl sites for hydroxylation is 1. The third-order valence-electron chi connectivity index (χ3n) is 5.81. The molecule has 1 fully saturated rings. The molecule has 2 nitrogen and oxygen atoms in total. The Balaban J connectivity index is 1.41. The Morgan fingerprint density at radius 1 is 0.897 bits per heavy atom. The van der Waals surface area contributed by atoms with Gasteiger partial charge in [0.15, 0.2) is 0 Å². The van der Waals surface area contributed by atoms with Gasteiger partial charge in [0.2, 0.25) is 0 Å². The van der Waals surface area contributed by atoms with Crippen LogP contribution >= 0.6 is 0 Å². The van der Waals surface area contributed by atoms with Crippen molar-refractivity contribution < 1.29 is 9.47 Å². The van der Waals surface area contributed by atoms with E-state index >= 15 is 0 Å². The van der Waals surface area contributed by atoms with Crippen LogP contribution in [0.3, 0.4) is 0 Å². The first kappa shape index (κ1) is 24.0. The van der Waals surface area contributed by atoms with Crippen molar-refractivity contribution in [3.8, 4) is 5.75 Å². The number of ether oxygens (including phenoxy) is 2. The molecule has 1 unspecified atom stereocenters. The number of benzene rings is 1. The zero-order valence-electron chi connectivity index (χ0n) is 19.1. The van der Waals surface area contributed by atoms with Gasteiger partial charge in [-0.05, 0) is 56.7 Å². The molecule has 2 heteroatoms. The average molecular weight is 401 g/mol. The molecule has 0 amide bonds. The molecule has 1 aliphatic rings. The fourth-order valence-corrected chi connectivity index (χ4v) is 3.64. The largest absolute Gasteiger partial charge is 0.490 e. The predicted octanol–water partition coefficient (Wildman–Crippen LogP) is 8.04. The second-order valence-electron chi connectivity index (χ2n) is 9.01. The van der Waals surface area contributed by atoms with E-state index in [9.17, 15) is 0 Å². The van der Waals surface area contributed by atoms with Gasteiger partial charge in [-0.2, -0.15) is 0 Å². The Hall–Kier alpha value is -1.28. The highest BCUT2D eigenvalue weighted by molar-refractivity contribution is 5.28. The number of rotatable bonds is 18. The maximum Gasteiger partial charge on any atom is 0.123 e. The monoisotopic (exact) mass is 400 g/mol. The SMILES string of the molecule is CCCCCCCCCCCC/C=C/CCCc1cccc(OCC2(C)CO2)c1. The van der Waals surface area contributed by atoms with Crippen LogP contribution in [0.15, 0.2) is 36.4 Å². The maximum absolute atomic E-state index is 5.86. The molecular formula is C27H44O2. The standard InChI is InChI=1S/C27H44O2/c1-3-4-5-6-7-8-9-10-11-12-13-14-15-16-17-19-25-20-18-21-26(22-25)28-23-27(2)24-29-27/h14-15,18,20-22H,3-13,16-17,19,23-24H2,1-2H3/b15-14+. The highest BCUT2D eigenvalue weighted by atomic mass is 16.6. The number of hydrogen-bond donors (Lipinski definition) is 0. The zero-order valence-corrected chi connectivity index (χ0v) is 19.1. The summed E-state index contributed by atoms with van der Waals surface area (Å²) in [4.78, 5) is 0. The van der Waals surface area contributed by atoms with Gasteiger partial charge in [-0.25, -0.2) is 0 Å². The van der Waals surface area contributed by atoms with Gasteiger partial charge in [-0.15, -0.1) is 0 Å². The summed E-state index contributed by atoms with van der Waals surface area (Å²) in [5.41, 5.74) is 1.32. The molecule has 0 spiro atoms. The van der Waals surface area contributed by atoms with Crippen LogP contribution in [-0.4, -0.2) is 18.8 Å². The molecule has 1 heterocycles. The summed E-state index contributed by atoms with van der Waals surface area (Å²) in [7, 11) is 0. The first-order chi connectivity index (χ1) is 14.2. The number of unbranched alkanes of at least 4 members (excludes halogenated alkanes) is 11. The van der Waals surface area contributed by atoms with E-state index in [0.717, 1.165) is 18.8 Å². The molecule has 1 aromatic rings. The van der Waals surface area contributed by atoms with Gasteiger partial charge in [0.05, 0.1) is 6.61 Å². The second-order valence-corrected chi connectivity index (χ2v) is 9.01. The molecule has 2 rings (SSSR count). The van der Waals surface area contributed by atoms with Gasteiger partial charge in [0.25, 0.3) is 0 Å². The fourth-order valence-electron chi connectivity index (χ4n) is 3.64. The highest BCUT2D eigenvalue weighted by Gasteiger charge is 2.40. The highest BCUT2D eigenvalue weighted by Crippen LogP contribution is 2.27. The maximum atomic E-state index is 5.86. The lowest BCUT2D eigenvalue weighted by atomic mass is 10.1. The van der Waals surface area contributed by atoms with Crippen molar-refractivity contribution >= 4 is 0 Å². The summed E-state index contributed by atoms with van der Waals surface area (Å²) in [5, 5.41) is 0. The molecule has 1 aliphatic heterocycles. The second kappa shape index (κ2) is 14.7. The van der Waals surface area contributed by atoms with Crippen LogP contribution in [0.25, 0.3) is 0 Å². The molecular weight excluding hydrogens is 356 g/mol. The van der Waals surface area contributed by atoms with Crippen molar-refractivity contribution in [2.24, 2.45) is 0 Å². The van der Waals surface area contributed by atoms with E-state index in [-0.39, 0.29) is 5.60 Å². The van der Waals surface area contributed by atoms with E-state index in [1.54, 1.807) is 0 Å². The van der Waals surface area contributed by atoms with Crippen LogP contribution in [0.1, 0.15) is 103 Å². The zero-order chi connectivity index (χ0) is 20.6. The van der Waals surface area contributed by atoms with Gasteiger partial charge in [0.1, 0.15) is 18.0 Å². The van der Waals surface area contributed by atoms with E-state index < -0.39 is 0 Å². The normalized spacial score (nSPS) is 18.4. The average Bonchev–Trinajstić information content (AvgIpc) is 3.47. The molecule has 1 saturated heterocycles. The van der Waals surface area contributed by atoms with E-state index in [1.807, 2.05) is 6.07 Å². The van der Waals surface area contributed by atoms with E-state index in [0.29, 0.717) is 6.61 Å². The van der Waals surface area contributed by atoms with Crippen LogP contribution in [-0.2, 0) is 11.2 Å². The van der Waals surface area contributed by atoms with Gasteiger partial charge in [-0.3, -0.25) is 0 Å². The third-order valence-corrected chi connectivity index (χ3v) is 5.81. The summed E-state index contributed by atoms with van der Waals surface area (Å²) < 4.78 is 11.2. The minimum atomic E-state index is -0.0466. The molecule has 0 bridgehead atoms. The van der Waals surface area contributed by atoms with Crippen molar-refractivity contribution in [3.05, 3.63) is 42.0 Å². The number of hydrogen-bond acceptors (Lipinski definition) is 2. The van der Waals surface area contributed by atoms with Crippen molar-refractivity contribution in [1.82, 2.24) is 0 Å². The van der Waals surface area contributed by atoms with Crippen molar-refractivity contribution in [2.45, 2.75) is 109 Å². The molecule has 164 valence electrons. The molecule has 0 aromatic heterocycles. The smallest absolute Gasteiger partial charge is 0.123 e. The van der Waals surface area contributed by atoms with Crippen LogP contribution < -0.4 is 4.74 Å². The van der Waals surface area contributed by atoms with Crippen molar-refractivity contribution in [3.63, 3.8) is 0 Å². The first-order valence-electron chi connectivity index (χ1n) is 12.2. The molecule has 1 aromatic carbocycles. The van der Waals surface area contributed by atoms with Crippen molar-refractivity contribution in [1.29, 1.82) is 0 Å². The molecule has 1 atom stereocenters. The van der Waals surface area contributed by atoms with Gasteiger partial charge < -0.3 is 9.47 Å². The van der Waals surface area contributed by atoms with Crippen molar-refractivity contribution in [2.75, 3.05) is 13.2 Å². The van der Waals surface area contributed by atoms with E-state index in [4.69, 9.17) is 9.47 Å². The Labute approximate surface area is 180 Å². The predicted molar refractivity (Wildman–Crippen MR) is 125 cm³/mol. The lowest BCUT2D eigenvalue weighted by Crippen LogP contribution is -2.16. The Bertz CT molecular complexity index is 559. The quantitative estimate of drug-likeness (QED) is 0.141. The minimum Gasteiger partial charge on any atom is -0.490 e. The lowest BCUT2D eigenvalue weighted by molar-refractivity contribution is 0.202. The topological polar surface area (TPSA) is 21.8 Å². The Morgan fingerprint density at radius 3 is 2.17 bits per heavy atom. The Kier molecular flexibility index (Phi) is 12.1. The van der Waals surface area contributed by atoms with E-state index in [2.05, 4.69) is 44.2 Å². The molecule has 0 aliphatic carbocycles. The number of allylic oxidation sites excluding steroid dienone is 2. The van der Waals surface area contributed by atoms with Gasteiger partial charge >= 0.3 is 0 Å². The summed E-state index contributed by atoms with van der Waals surface area (Å²) >= 11 is 0. The Morgan fingerprint density at radius 2 is 1.52 bits per heavy atom. The fraction of sp³-hybridized carbons (Fsp3) is 0.704. The molecule has 29 heavy (non-hydrogen) atoms. The summed E-state index contributed by atoms with van der Waals surface area (Å²) in [6.45, 7) is 5.85. The first-order valence-corrected chi connectivity index (χ1v) is 12.2. The third kappa shape index (κ3) is 12.1. The number of epoxide rings is 1. The molecule has 0 N–H and O–H groups in total. The summed E-state index contributed by atoms with van der Waals surface area (Å²) in [5.74, 6) is 0.968. The molecule has 0 saturated carbocycles. The van der Waals surface area contributed by atoms with E-state index in [1.165, 1.54) is 89.0 Å². The lowest BCUT2D eigenvalue weighted by Gasteiger charge is -2.10. The molecule has 0 radical (unpaired) electrons. The van der Waals surface area contributed by atoms with Crippen LogP contribution in [0, 0.1) is 0 Å². The van der Waals surface area contributed by atoms with Gasteiger partial charge in [-0.1, -0.05) is 89.0 Å². The van der Waals surface area contributed by atoms with Crippen LogP contribution in [0.4, 0.5) is 0 Å². The van der Waals surface area contributed by atoms with Crippen LogP contribution in [0.5, 0.6) is 5.75 Å².